The van der Waals surface area contributed by atoms with Gasteiger partial charge in [0.15, 0.2) is 12.6 Å². The van der Waals surface area contributed by atoms with Crippen LogP contribution in [0.2, 0.25) is 0 Å². The molecule has 0 aromatic heterocycles. The minimum atomic E-state index is -1.86. The van der Waals surface area contributed by atoms with Crippen molar-refractivity contribution in [2.24, 2.45) is 33.7 Å². The molecule has 3 heterocycles. The fraction of sp³-hybridized carbons (Fsp3) is 0.833. The first-order valence-corrected chi connectivity index (χ1v) is 27.7. The van der Waals surface area contributed by atoms with Crippen LogP contribution in [0.1, 0.15) is 119 Å². The van der Waals surface area contributed by atoms with Crippen molar-refractivity contribution >= 4 is 29.7 Å². The summed E-state index contributed by atoms with van der Waals surface area (Å²) in [6.07, 6.45) is -8.25. The number of ether oxygens (including phenoxy) is 7. The Hall–Kier alpha value is -2.48. The zero-order chi connectivity index (χ0) is 56.2. The van der Waals surface area contributed by atoms with E-state index in [1.165, 1.54) is 39.1 Å². The number of alkyl halides is 2. The van der Waals surface area contributed by atoms with Crippen LogP contribution in [0, 0.1) is 17.8 Å². The number of methoxy groups -OCH3 is 2. The molecule has 3 fully saturated rings. The van der Waals surface area contributed by atoms with Crippen molar-refractivity contribution in [2.75, 3.05) is 60.5 Å². The van der Waals surface area contributed by atoms with Crippen LogP contribution in [-0.4, -0.2) is 210 Å². The van der Waals surface area contributed by atoms with E-state index in [0.29, 0.717) is 37.4 Å². The summed E-state index contributed by atoms with van der Waals surface area (Å²) in [5.41, 5.74) is -3.53. The van der Waals surface area contributed by atoms with Gasteiger partial charge < -0.3 is 74.3 Å². The fourth-order valence-corrected chi connectivity index (χ4v) is 12.0. The average Bonchev–Trinajstić information content (AvgIpc) is 3.37. The zero-order valence-electron chi connectivity index (χ0n) is 47.0. The number of rotatable bonds is 20. The first kappa shape index (κ1) is 65.0. The molecule has 75 heavy (non-hydrogen) atoms. The molecular formula is C54H93F2N5O13S. The summed E-state index contributed by atoms with van der Waals surface area (Å²) in [7, 11) is 6.63. The highest BCUT2D eigenvalue weighted by Gasteiger charge is 2.53. The fourth-order valence-electron chi connectivity index (χ4n) is 11.2. The van der Waals surface area contributed by atoms with E-state index in [1.807, 2.05) is 62.0 Å². The molecule has 0 radical (unpaired) electrons. The van der Waals surface area contributed by atoms with Crippen molar-refractivity contribution < 1.29 is 72.3 Å². The number of nitrogens with two attached hydrogens (primary N) is 1. The molecule has 3 saturated heterocycles. The summed E-state index contributed by atoms with van der Waals surface area (Å²) in [6.45, 7) is 16.8. The molecule has 432 valence electrons. The lowest BCUT2D eigenvalue weighted by Gasteiger charge is -2.49. The Kier molecular flexibility index (Phi) is 25.3. The molecular weight excluding hydrogens is 997 g/mol. The third kappa shape index (κ3) is 16.8. The van der Waals surface area contributed by atoms with E-state index in [-0.39, 0.29) is 38.3 Å². The normalized spacial score (nSPS) is 39.3. The number of aliphatic hydroxyl groups excluding tert-OH is 3. The monoisotopic (exact) mass is 1090 g/mol. The van der Waals surface area contributed by atoms with Gasteiger partial charge in [-0.3, -0.25) is 14.2 Å². The van der Waals surface area contributed by atoms with Gasteiger partial charge in [-0.05, 0) is 112 Å². The number of halogens is 2. The number of carbonyl (C=O) groups excluding carboxylic acids is 1. The number of aliphatic hydroxyl groups is 5. The second kappa shape index (κ2) is 29.1. The molecule has 0 bridgehead atoms. The molecule has 0 amide bonds. The Morgan fingerprint density at radius 3 is 2.27 bits per heavy atom. The maximum atomic E-state index is 14.6. The maximum Gasteiger partial charge on any atom is 0.311 e. The van der Waals surface area contributed by atoms with E-state index in [9.17, 15) is 39.1 Å². The van der Waals surface area contributed by atoms with Crippen LogP contribution in [0.5, 0.6) is 0 Å². The Morgan fingerprint density at radius 2 is 1.68 bits per heavy atom. The molecule has 3 aliphatic heterocycles. The first-order valence-electron chi connectivity index (χ1n) is 26.7. The number of thioether (sulfide) groups is 1. The summed E-state index contributed by atoms with van der Waals surface area (Å²) >= 11 is 1.54. The molecule has 7 N–H and O–H groups in total. The number of cyclic esters (lactones) is 1. The molecule has 0 unspecified atom stereocenters. The van der Waals surface area contributed by atoms with Gasteiger partial charge in [-0.2, -0.15) is 5.10 Å². The van der Waals surface area contributed by atoms with Gasteiger partial charge in [0, 0.05) is 75.0 Å². The van der Waals surface area contributed by atoms with Gasteiger partial charge in [0.2, 0.25) is 0 Å². The Labute approximate surface area is 449 Å². The van der Waals surface area contributed by atoms with Crippen LogP contribution in [-0.2, 0) is 38.0 Å². The second-order valence-electron chi connectivity index (χ2n) is 22.2. The van der Waals surface area contributed by atoms with E-state index < -0.39 is 127 Å². The van der Waals surface area contributed by atoms with Gasteiger partial charge in [0.05, 0.1) is 53.9 Å². The van der Waals surface area contributed by atoms with Crippen LogP contribution >= 0.6 is 11.8 Å². The predicted molar refractivity (Wildman–Crippen MR) is 285 cm³/mol. The molecule has 4 rings (SSSR count). The first-order chi connectivity index (χ1) is 35.2. The molecule has 20 atom stereocenters. The number of carbonyl (C=O) groups is 1. The molecule has 1 aromatic carbocycles. The number of hydrazone groups is 1. The highest BCUT2D eigenvalue weighted by atomic mass is 32.2. The van der Waals surface area contributed by atoms with E-state index >= 15 is 0 Å². The van der Waals surface area contributed by atoms with Crippen molar-refractivity contribution in [3.8, 4) is 0 Å². The number of esters is 1. The summed E-state index contributed by atoms with van der Waals surface area (Å²) in [4.78, 5) is 23.8. The molecule has 0 saturated carbocycles. The summed E-state index contributed by atoms with van der Waals surface area (Å²) in [6, 6.07) is 5.44. The quantitative estimate of drug-likeness (QED) is 0.0245. The largest absolute Gasteiger partial charge is 0.459 e. The van der Waals surface area contributed by atoms with Crippen LogP contribution < -0.4 is 5.84 Å². The average molecular weight is 1090 g/mol. The molecule has 18 nitrogen and oxygen atoms in total. The number of hydrogen-bond acceptors (Lipinski definition) is 19. The molecule has 3 aliphatic rings. The minimum Gasteiger partial charge on any atom is -0.459 e. The second-order valence-corrected chi connectivity index (χ2v) is 23.3. The van der Waals surface area contributed by atoms with Gasteiger partial charge in [-0.1, -0.05) is 32.9 Å². The van der Waals surface area contributed by atoms with Gasteiger partial charge in [-0.25, -0.2) is 4.39 Å². The van der Waals surface area contributed by atoms with Gasteiger partial charge in [-0.15, -0.1) is 11.8 Å². The lowest BCUT2D eigenvalue weighted by atomic mass is 9.77. The molecule has 0 spiro atoms. The van der Waals surface area contributed by atoms with E-state index in [1.54, 1.807) is 48.5 Å². The maximum absolute atomic E-state index is 14.6. The lowest BCUT2D eigenvalue weighted by Crippen LogP contribution is -2.61. The number of likely N-dealkylation sites (N-methyl/N-ethyl adjacent to an activating group) is 2. The Morgan fingerprint density at radius 1 is 1.01 bits per heavy atom. The summed E-state index contributed by atoms with van der Waals surface area (Å²) < 4.78 is 71.1. The van der Waals surface area contributed by atoms with Crippen molar-refractivity contribution in [3.63, 3.8) is 0 Å². The number of hydrogen-bond donors (Lipinski definition) is 6. The zero-order valence-corrected chi connectivity index (χ0v) is 47.8. The third-order valence-electron chi connectivity index (χ3n) is 15.9. The highest BCUT2D eigenvalue weighted by Crippen LogP contribution is 2.40. The molecule has 1 aromatic rings. The molecule has 21 heteroatoms. The van der Waals surface area contributed by atoms with E-state index in [0.717, 1.165) is 10.5 Å². The minimum absolute atomic E-state index is 0.0724. The Bertz CT molecular complexity index is 1950. The lowest BCUT2D eigenvalue weighted by molar-refractivity contribution is -0.318. The SMILES string of the molecule is CC[C@H]1OC(=O)[C@H](C)[C@@H](O[C@H]2C[C@@](C)(OC)[C@@H](O)[C@H](C)O2)[C@H](C)[C@@H](O[C@@H]2O[C@H](C)C[C@H](N(C)CCC(C=N[C@H](CF)[C@H](OC)c3ccc(SCCCF)cc3)=NN)[C@H]2O)[C@](C)(O)C[C@@H](C)CN(C)[C@H](C)[C@@H](O)[C@]1(C)O. The van der Waals surface area contributed by atoms with Crippen LogP contribution in [0.4, 0.5) is 8.78 Å². The van der Waals surface area contributed by atoms with E-state index in [4.69, 9.17) is 39.0 Å². The summed E-state index contributed by atoms with van der Waals surface area (Å²) in [5, 5.41) is 63.7. The van der Waals surface area contributed by atoms with Gasteiger partial charge >= 0.3 is 5.97 Å². The predicted octanol–water partition coefficient (Wildman–Crippen LogP) is 5.22. The van der Waals surface area contributed by atoms with Gasteiger partial charge in [0.25, 0.3) is 0 Å². The molecule has 0 aliphatic carbocycles. The third-order valence-corrected chi connectivity index (χ3v) is 17.0. The van der Waals surface area contributed by atoms with Crippen LogP contribution in [0.25, 0.3) is 0 Å². The standard InChI is InChI=1S/C54H93F2N5O13S/c1-15-42-54(10,67)47(63)35(6)61(12)30-31(2)26-52(8,66)49(33(4)45(34(5)50(65)72-42)73-43-27-53(9,69-14)48(64)36(7)71-43)74-51-44(62)41(25-32(3)70-51)60(11)23-21-38(59-57)29-58-40(28-56)46(68-13)37-17-19-39(20-18-37)75-24-16-22-55/h17-20,29,31-36,40-49,51,62-64,66-67H,15-16,21-28,30,57H2,1-14H3/t31-,32-,33+,34-,35-,36+,40-,41+,42-,43+,44-,45+,46-,47-,48+,49-,51+,52-,53-,54-/m1/s1. The van der Waals surface area contributed by atoms with Crippen molar-refractivity contribution in [3.05, 3.63) is 29.8 Å². The Balaban J connectivity index is 1.65. The van der Waals surface area contributed by atoms with Crippen molar-refractivity contribution in [2.45, 2.75) is 215 Å². The number of benzene rings is 1. The van der Waals surface area contributed by atoms with Crippen LogP contribution in [0.15, 0.2) is 39.3 Å². The van der Waals surface area contributed by atoms with Gasteiger partial charge in [0.1, 0.15) is 48.8 Å². The smallest absolute Gasteiger partial charge is 0.311 e. The van der Waals surface area contributed by atoms with Crippen molar-refractivity contribution in [1.29, 1.82) is 0 Å². The number of nitrogens with zero attached hydrogens (tertiary/aromatic N) is 4. The highest BCUT2D eigenvalue weighted by molar-refractivity contribution is 7.99. The van der Waals surface area contributed by atoms with E-state index in [2.05, 4.69) is 10.1 Å². The van der Waals surface area contributed by atoms with Crippen LogP contribution in [0.3, 0.4) is 0 Å². The topological polar surface area (TPSA) is 240 Å². The number of aliphatic imine (C=N–C) groups is 1. The van der Waals surface area contributed by atoms with Crippen molar-refractivity contribution in [1.82, 2.24) is 9.80 Å². The summed E-state index contributed by atoms with van der Waals surface area (Å²) in [5.74, 6) is 3.57.